The van der Waals surface area contributed by atoms with Crippen LogP contribution in [0.3, 0.4) is 0 Å². The standard InChI is InChI=1S/C12H9ClN4O/c13-11-10-12(15-6-14-11)17(7-16-10)9-3-1-2-8(4-9)5-18/h1-4,6-7,18H,5H2. The zero-order valence-corrected chi connectivity index (χ0v) is 10.0. The van der Waals surface area contributed by atoms with Crippen molar-refractivity contribution in [2.45, 2.75) is 6.61 Å². The van der Waals surface area contributed by atoms with Gasteiger partial charge in [0.2, 0.25) is 0 Å². The maximum Gasteiger partial charge on any atom is 0.169 e. The van der Waals surface area contributed by atoms with Gasteiger partial charge in [0.1, 0.15) is 18.2 Å². The summed E-state index contributed by atoms with van der Waals surface area (Å²) in [6.07, 6.45) is 3.04. The first-order chi connectivity index (χ1) is 8.79. The van der Waals surface area contributed by atoms with E-state index in [1.807, 2.05) is 28.8 Å². The molecule has 0 saturated heterocycles. The Morgan fingerprint density at radius 2 is 2.11 bits per heavy atom. The van der Waals surface area contributed by atoms with Crippen molar-refractivity contribution in [1.29, 1.82) is 0 Å². The van der Waals surface area contributed by atoms with Crippen LogP contribution in [0.25, 0.3) is 16.9 Å². The largest absolute Gasteiger partial charge is 0.392 e. The molecule has 3 aromatic rings. The van der Waals surface area contributed by atoms with Crippen LogP contribution in [-0.2, 0) is 6.61 Å². The van der Waals surface area contributed by atoms with E-state index in [1.54, 1.807) is 6.33 Å². The van der Waals surface area contributed by atoms with Crippen LogP contribution in [0, 0.1) is 0 Å². The second kappa shape index (κ2) is 4.36. The number of aliphatic hydroxyl groups is 1. The fourth-order valence-electron chi connectivity index (χ4n) is 1.80. The Bertz CT molecular complexity index is 710. The van der Waals surface area contributed by atoms with Crippen molar-refractivity contribution in [1.82, 2.24) is 19.5 Å². The van der Waals surface area contributed by atoms with Crippen LogP contribution in [0.2, 0.25) is 5.15 Å². The molecule has 0 fully saturated rings. The number of aromatic nitrogens is 4. The second-order valence-electron chi connectivity index (χ2n) is 3.78. The van der Waals surface area contributed by atoms with Crippen molar-refractivity contribution in [3.05, 3.63) is 47.6 Å². The first-order valence-electron chi connectivity index (χ1n) is 5.33. The molecule has 0 unspecified atom stereocenters. The van der Waals surface area contributed by atoms with Crippen molar-refractivity contribution in [3.63, 3.8) is 0 Å². The first kappa shape index (κ1) is 11.1. The third kappa shape index (κ3) is 1.73. The SMILES string of the molecule is OCc1cccc(-n2cnc3c(Cl)ncnc32)c1. The van der Waals surface area contributed by atoms with E-state index in [2.05, 4.69) is 15.0 Å². The monoisotopic (exact) mass is 260 g/mol. The number of nitrogens with zero attached hydrogens (tertiary/aromatic N) is 4. The Balaban J connectivity index is 2.22. The molecule has 1 N–H and O–H groups in total. The summed E-state index contributed by atoms with van der Waals surface area (Å²) < 4.78 is 1.81. The summed E-state index contributed by atoms with van der Waals surface area (Å²) in [5.74, 6) is 0. The van der Waals surface area contributed by atoms with Crippen molar-refractivity contribution >= 4 is 22.8 Å². The van der Waals surface area contributed by atoms with Gasteiger partial charge in [-0.15, -0.1) is 0 Å². The van der Waals surface area contributed by atoms with Crippen LogP contribution in [-0.4, -0.2) is 24.6 Å². The molecule has 6 heteroatoms. The summed E-state index contributed by atoms with van der Waals surface area (Å²) in [6.45, 7) is -0.00376. The topological polar surface area (TPSA) is 63.8 Å². The molecule has 5 nitrogen and oxygen atoms in total. The van der Waals surface area contributed by atoms with E-state index in [1.165, 1.54) is 6.33 Å². The Hall–Kier alpha value is -1.98. The smallest absolute Gasteiger partial charge is 0.169 e. The molecule has 0 spiro atoms. The van der Waals surface area contributed by atoms with Crippen LogP contribution >= 0.6 is 11.6 Å². The van der Waals surface area contributed by atoms with E-state index >= 15 is 0 Å². The minimum absolute atomic E-state index is 0.00376. The van der Waals surface area contributed by atoms with Crippen LogP contribution in [0.4, 0.5) is 0 Å². The van der Waals surface area contributed by atoms with E-state index in [-0.39, 0.29) is 6.61 Å². The Labute approximate surface area is 108 Å². The molecule has 0 atom stereocenters. The van der Waals surface area contributed by atoms with Crippen LogP contribution in [0.1, 0.15) is 5.56 Å². The van der Waals surface area contributed by atoms with E-state index in [0.29, 0.717) is 16.3 Å². The van der Waals surface area contributed by atoms with E-state index < -0.39 is 0 Å². The zero-order chi connectivity index (χ0) is 12.5. The fraction of sp³-hybridized carbons (Fsp3) is 0.0833. The molecule has 3 rings (SSSR count). The molecule has 0 radical (unpaired) electrons. The van der Waals surface area contributed by atoms with Gasteiger partial charge in [0, 0.05) is 5.69 Å². The molecular formula is C12H9ClN4O. The molecular weight excluding hydrogens is 252 g/mol. The predicted octanol–water partition coefficient (Wildman–Crippen LogP) is 1.96. The highest BCUT2D eigenvalue weighted by Gasteiger charge is 2.09. The summed E-state index contributed by atoms with van der Waals surface area (Å²) in [4.78, 5) is 12.3. The van der Waals surface area contributed by atoms with Gasteiger partial charge in [-0.2, -0.15) is 0 Å². The lowest BCUT2D eigenvalue weighted by Crippen LogP contribution is -1.95. The first-order valence-corrected chi connectivity index (χ1v) is 5.71. The normalized spacial score (nSPS) is 11.0. The number of aliphatic hydroxyl groups excluding tert-OH is 1. The average molecular weight is 261 g/mol. The molecule has 0 aliphatic carbocycles. The Morgan fingerprint density at radius 3 is 2.94 bits per heavy atom. The van der Waals surface area contributed by atoms with Crippen LogP contribution in [0.15, 0.2) is 36.9 Å². The molecule has 0 bridgehead atoms. The lowest BCUT2D eigenvalue weighted by molar-refractivity contribution is 0.282. The van der Waals surface area contributed by atoms with Gasteiger partial charge >= 0.3 is 0 Å². The number of benzene rings is 1. The van der Waals surface area contributed by atoms with Gasteiger partial charge in [-0.3, -0.25) is 4.57 Å². The highest BCUT2D eigenvalue weighted by atomic mass is 35.5. The molecule has 0 aliphatic heterocycles. The maximum atomic E-state index is 9.15. The number of rotatable bonds is 2. The van der Waals surface area contributed by atoms with Gasteiger partial charge in [0.15, 0.2) is 10.8 Å². The second-order valence-corrected chi connectivity index (χ2v) is 4.14. The lowest BCUT2D eigenvalue weighted by Gasteiger charge is -2.05. The van der Waals surface area contributed by atoms with E-state index in [9.17, 15) is 0 Å². The molecule has 2 aromatic heterocycles. The lowest BCUT2D eigenvalue weighted by atomic mass is 10.2. The number of imidazole rings is 1. The summed E-state index contributed by atoms with van der Waals surface area (Å²) in [5.41, 5.74) is 2.91. The van der Waals surface area contributed by atoms with Gasteiger partial charge < -0.3 is 5.11 Å². The Kier molecular flexibility index (Phi) is 2.70. The number of hydrogen-bond acceptors (Lipinski definition) is 4. The van der Waals surface area contributed by atoms with Crippen molar-refractivity contribution in [2.75, 3.05) is 0 Å². The molecule has 0 saturated carbocycles. The molecule has 18 heavy (non-hydrogen) atoms. The number of fused-ring (bicyclic) bond motifs is 1. The van der Waals surface area contributed by atoms with Gasteiger partial charge in [0.25, 0.3) is 0 Å². The third-order valence-electron chi connectivity index (χ3n) is 2.66. The van der Waals surface area contributed by atoms with E-state index in [4.69, 9.17) is 16.7 Å². The molecule has 0 aliphatic rings. The summed E-state index contributed by atoms with van der Waals surface area (Å²) in [6, 6.07) is 7.51. The molecule has 90 valence electrons. The number of halogens is 1. The zero-order valence-electron chi connectivity index (χ0n) is 9.29. The van der Waals surface area contributed by atoms with Crippen molar-refractivity contribution in [2.24, 2.45) is 0 Å². The quantitative estimate of drug-likeness (QED) is 0.716. The number of hydrogen-bond donors (Lipinski definition) is 1. The van der Waals surface area contributed by atoms with Crippen LogP contribution < -0.4 is 0 Å². The van der Waals surface area contributed by atoms with Crippen molar-refractivity contribution < 1.29 is 5.11 Å². The van der Waals surface area contributed by atoms with Gasteiger partial charge in [-0.25, -0.2) is 15.0 Å². The minimum atomic E-state index is -0.00376. The average Bonchev–Trinajstić information content (AvgIpc) is 2.84. The minimum Gasteiger partial charge on any atom is -0.392 e. The summed E-state index contributed by atoms with van der Waals surface area (Å²) in [5, 5.41) is 9.48. The van der Waals surface area contributed by atoms with E-state index in [0.717, 1.165) is 11.3 Å². The fourth-order valence-corrected chi connectivity index (χ4v) is 1.98. The highest BCUT2D eigenvalue weighted by molar-refractivity contribution is 6.33. The molecule has 1 aromatic carbocycles. The molecule has 2 heterocycles. The van der Waals surface area contributed by atoms with Gasteiger partial charge in [0.05, 0.1) is 6.61 Å². The van der Waals surface area contributed by atoms with Crippen LogP contribution in [0.5, 0.6) is 0 Å². The Morgan fingerprint density at radius 1 is 1.22 bits per heavy atom. The van der Waals surface area contributed by atoms with Gasteiger partial charge in [-0.05, 0) is 17.7 Å². The maximum absolute atomic E-state index is 9.15. The van der Waals surface area contributed by atoms with Crippen molar-refractivity contribution in [3.8, 4) is 5.69 Å². The predicted molar refractivity (Wildman–Crippen MR) is 67.6 cm³/mol. The summed E-state index contributed by atoms with van der Waals surface area (Å²) >= 11 is 5.95. The van der Waals surface area contributed by atoms with Gasteiger partial charge in [-0.1, -0.05) is 23.7 Å². The third-order valence-corrected chi connectivity index (χ3v) is 2.94. The highest BCUT2D eigenvalue weighted by Crippen LogP contribution is 2.21. The summed E-state index contributed by atoms with van der Waals surface area (Å²) in [7, 11) is 0. The molecule has 0 amide bonds.